The molecule has 28 heavy (non-hydrogen) atoms. The first-order valence-electron chi connectivity index (χ1n) is 9.60. The van der Waals surface area contributed by atoms with E-state index in [4.69, 9.17) is 9.15 Å². The molecule has 0 aliphatic carbocycles. The predicted octanol–water partition coefficient (Wildman–Crippen LogP) is 1.88. The first-order valence-corrected chi connectivity index (χ1v) is 9.60. The number of nitrogens with one attached hydrogen (secondary N) is 2. The molecule has 7 nitrogen and oxygen atoms in total. The lowest BCUT2D eigenvalue weighted by molar-refractivity contribution is -0.895. The van der Waals surface area contributed by atoms with Crippen molar-refractivity contribution < 1.29 is 23.6 Å². The Kier molecular flexibility index (Phi) is 5.16. The molecule has 2 N–H and O–H groups in total. The van der Waals surface area contributed by atoms with Crippen LogP contribution in [0.3, 0.4) is 0 Å². The lowest BCUT2D eigenvalue weighted by atomic mass is 10.1. The molecule has 146 valence electrons. The minimum atomic E-state index is -0.272. The largest absolute Gasteiger partial charge is 0.456 e. The van der Waals surface area contributed by atoms with Gasteiger partial charge in [-0.2, -0.15) is 0 Å². The summed E-state index contributed by atoms with van der Waals surface area (Å²) in [4.78, 5) is 27.1. The molecular formula is C21H24N3O4+. The molecule has 0 radical (unpaired) electrons. The van der Waals surface area contributed by atoms with E-state index >= 15 is 0 Å². The van der Waals surface area contributed by atoms with Crippen molar-refractivity contribution in [2.45, 2.75) is 6.92 Å². The maximum absolute atomic E-state index is 12.5. The van der Waals surface area contributed by atoms with Gasteiger partial charge in [-0.25, -0.2) is 4.79 Å². The van der Waals surface area contributed by atoms with Crippen molar-refractivity contribution in [2.75, 3.05) is 44.6 Å². The summed E-state index contributed by atoms with van der Waals surface area (Å²) in [5, 5.41) is 5.01. The molecule has 1 aliphatic heterocycles. The number of carbonyl (C=O) groups is 2. The van der Waals surface area contributed by atoms with Crippen LogP contribution >= 0.6 is 0 Å². The van der Waals surface area contributed by atoms with Crippen LogP contribution in [0.15, 0.2) is 46.9 Å². The van der Waals surface area contributed by atoms with Crippen molar-refractivity contribution in [1.82, 2.24) is 4.90 Å². The van der Waals surface area contributed by atoms with E-state index in [-0.39, 0.29) is 12.0 Å². The third-order valence-corrected chi connectivity index (χ3v) is 5.07. The number of para-hydroxylation sites is 1. The summed E-state index contributed by atoms with van der Waals surface area (Å²) in [5.74, 6) is -0.0354. The Labute approximate surface area is 162 Å². The second-order valence-electron chi connectivity index (χ2n) is 6.97. The van der Waals surface area contributed by atoms with Gasteiger partial charge in [0.25, 0.3) is 5.91 Å². The molecule has 0 saturated carbocycles. The van der Waals surface area contributed by atoms with E-state index in [1.54, 1.807) is 11.8 Å². The number of carbonyl (C=O) groups excluding carboxylic acids is 2. The lowest BCUT2D eigenvalue weighted by Crippen LogP contribution is -3.15. The molecule has 0 unspecified atom stereocenters. The average molecular weight is 382 g/mol. The second kappa shape index (κ2) is 7.90. The first kappa shape index (κ1) is 18.3. The summed E-state index contributed by atoms with van der Waals surface area (Å²) >= 11 is 0. The summed E-state index contributed by atoms with van der Waals surface area (Å²) in [7, 11) is 0. The van der Waals surface area contributed by atoms with Gasteiger partial charge in [0.2, 0.25) is 0 Å². The number of hydrogen-bond acceptors (Lipinski definition) is 4. The Bertz CT molecular complexity index is 1010. The van der Waals surface area contributed by atoms with Gasteiger partial charge in [0.1, 0.15) is 11.2 Å². The van der Waals surface area contributed by atoms with Gasteiger partial charge >= 0.3 is 6.09 Å². The van der Waals surface area contributed by atoms with E-state index in [9.17, 15) is 9.59 Å². The predicted molar refractivity (Wildman–Crippen MR) is 107 cm³/mol. The molecule has 2 heterocycles. The lowest BCUT2D eigenvalue weighted by Gasteiger charge is -2.31. The molecule has 1 aliphatic rings. The highest BCUT2D eigenvalue weighted by atomic mass is 16.6. The van der Waals surface area contributed by atoms with Crippen molar-refractivity contribution in [3.05, 3.63) is 42.5 Å². The normalized spacial score (nSPS) is 15.1. The van der Waals surface area contributed by atoms with Gasteiger partial charge in [-0.15, -0.1) is 0 Å². The Balaban J connectivity index is 1.36. The third-order valence-electron chi connectivity index (χ3n) is 5.07. The van der Waals surface area contributed by atoms with Gasteiger partial charge in [0, 0.05) is 16.5 Å². The zero-order chi connectivity index (χ0) is 19.5. The van der Waals surface area contributed by atoms with Crippen LogP contribution in [0, 0.1) is 0 Å². The number of hydrogen-bond donors (Lipinski definition) is 2. The maximum Gasteiger partial charge on any atom is 0.410 e. The van der Waals surface area contributed by atoms with Crippen molar-refractivity contribution in [2.24, 2.45) is 0 Å². The monoisotopic (exact) mass is 382 g/mol. The van der Waals surface area contributed by atoms with Gasteiger partial charge < -0.3 is 19.4 Å². The van der Waals surface area contributed by atoms with Crippen molar-refractivity contribution in [3.63, 3.8) is 0 Å². The molecule has 0 spiro atoms. The average Bonchev–Trinajstić information content (AvgIpc) is 3.07. The van der Waals surface area contributed by atoms with Crippen molar-refractivity contribution >= 4 is 39.6 Å². The molecule has 3 aromatic rings. The minimum Gasteiger partial charge on any atom is -0.456 e. The summed E-state index contributed by atoms with van der Waals surface area (Å²) in [5.41, 5.74) is 2.40. The van der Waals surface area contributed by atoms with Crippen LogP contribution in [0.25, 0.3) is 21.9 Å². The van der Waals surface area contributed by atoms with Crippen LogP contribution in [0.2, 0.25) is 0 Å². The number of nitrogens with zero attached hydrogens (tertiary/aromatic N) is 1. The standard InChI is InChI=1S/C21H23N3O4/c1-2-27-21(26)24-11-9-23(10-12-24)14-20(25)22-15-7-8-19-17(13-15)16-5-3-4-6-18(16)28-19/h3-8,13H,2,9-12,14H2,1H3,(H,22,25)/p+1. The zero-order valence-corrected chi connectivity index (χ0v) is 15.9. The number of rotatable bonds is 4. The number of amides is 2. The molecule has 2 amide bonds. The third kappa shape index (κ3) is 3.80. The van der Waals surface area contributed by atoms with E-state index in [0.29, 0.717) is 26.2 Å². The van der Waals surface area contributed by atoms with Gasteiger partial charge in [-0.05, 0) is 31.2 Å². The fourth-order valence-corrected chi connectivity index (χ4v) is 3.63. The summed E-state index contributed by atoms with van der Waals surface area (Å²) < 4.78 is 10.8. The van der Waals surface area contributed by atoms with Crippen molar-refractivity contribution in [1.29, 1.82) is 0 Å². The molecule has 0 bridgehead atoms. The molecular weight excluding hydrogens is 358 g/mol. The topological polar surface area (TPSA) is 76.2 Å². The van der Waals surface area contributed by atoms with Gasteiger partial charge in [0.05, 0.1) is 32.8 Å². The van der Waals surface area contributed by atoms with Gasteiger partial charge in [-0.3, -0.25) is 9.69 Å². The summed E-state index contributed by atoms with van der Waals surface area (Å²) in [6.45, 7) is 5.23. The Morgan fingerprint density at radius 1 is 1.11 bits per heavy atom. The fourth-order valence-electron chi connectivity index (χ4n) is 3.63. The Morgan fingerprint density at radius 2 is 1.86 bits per heavy atom. The van der Waals surface area contributed by atoms with Crippen molar-refractivity contribution in [3.8, 4) is 0 Å². The van der Waals surface area contributed by atoms with E-state index in [1.807, 2.05) is 42.5 Å². The van der Waals surface area contributed by atoms with E-state index in [0.717, 1.165) is 45.6 Å². The van der Waals surface area contributed by atoms with Crippen LogP contribution in [0.4, 0.5) is 10.5 Å². The van der Waals surface area contributed by atoms with Crippen LogP contribution in [-0.4, -0.2) is 56.2 Å². The number of ether oxygens (including phenoxy) is 1. The van der Waals surface area contributed by atoms with Crippen LogP contribution in [0.5, 0.6) is 0 Å². The Morgan fingerprint density at radius 3 is 2.64 bits per heavy atom. The summed E-state index contributed by atoms with van der Waals surface area (Å²) in [6.07, 6.45) is -0.272. The first-order chi connectivity index (χ1) is 13.6. The van der Waals surface area contributed by atoms with Gasteiger partial charge in [0.15, 0.2) is 6.54 Å². The van der Waals surface area contributed by atoms with Crippen LogP contribution in [0.1, 0.15) is 6.92 Å². The highest BCUT2D eigenvalue weighted by Crippen LogP contribution is 2.30. The van der Waals surface area contributed by atoms with Crippen LogP contribution in [-0.2, 0) is 9.53 Å². The second-order valence-corrected chi connectivity index (χ2v) is 6.97. The quantitative estimate of drug-likeness (QED) is 0.723. The minimum absolute atomic E-state index is 0.0354. The SMILES string of the molecule is CCOC(=O)N1CC[NH+](CC(=O)Nc2ccc3oc4ccccc4c3c2)CC1. The molecule has 0 atom stereocenters. The molecule has 1 fully saturated rings. The molecule has 2 aromatic carbocycles. The number of furan rings is 1. The molecule has 7 heteroatoms. The molecule has 4 rings (SSSR count). The highest BCUT2D eigenvalue weighted by molar-refractivity contribution is 6.06. The van der Waals surface area contributed by atoms with Crippen LogP contribution < -0.4 is 10.2 Å². The van der Waals surface area contributed by atoms with Gasteiger partial charge in [-0.1, -0.05) is 18.2 Å². The number of benzene rings is 2. The van der Waals surface area contributed by atoms with E-state index < -0.39 is 0 Å². The number of piperazine rings is 1. The number of fused-ring (bicyclic) bond motifs is 3. The molecule has 1 saturated heterocycles. The smallest absolute Gasteiger partial charge is 0.410 e. The van der Waals surface area contributed by atoms with E-state index in [1.165, 1.54) is 0 Å². The maximum atomic E-state index is 12.5. The number of anilines is 1. The highest BCUT2D eigenvalue weighted by Gasteiger charge is 2.25. The van der Waals surface area contributed by atoms with E-state index in [2.05, 4.69) is 5.32 Å². The number of quaternary nitrogens is 1. The Hall–Kier alpha value is -3.06. The summed E-state index contributed by atoms with van der Waals surface area (Å²) in [6, 6.07) is 13.6. The zero-order valence-electron chi connectivity index (χ0n) is 15.9. The molecule has 1 aromatic heterocycles. The fraction of sp³-hybridized carbons (Fsp3) is 0.333.